The normalized spacial score (nSPS) is 24.9. The molecule has 1 aliphatic carbocycles. The van der Waals surface area contributed by atoms with Gasteiger partial charge in [-0.2, -0.15) is 0 Å². The average molecular weight is 184 g/mol. The van der Waals surface area contributed by atoms with E-state index in [1.807, 2.05) is 6.92 Å². The molecule has 0 aromatic heterocycles. The third-order valence-corrected chi connectivity index (χ3v) is 3.77. The highest BCUT2D eigenvalue weighted by molar-refractivity contribution is 4.89. The third-order valence-electron chi connectivity index (χ3n) is 3.77. The van der Waals surface area contributed by atoms with E-state index in [0.29, 0.717) is 11.3 Å². The van der Waals surface area contributed by atoms with Crippen molar-refractivity contribution in [1.82, 2.24) is 0 Å². The Bertz CT molecular complexity index is 147. The molecule has 2 unspecified atom stereocenters. The van der Waals surface area contributed by atoms with Gasteiger partial charge in [0, 0.05) is 0 Å². The molecule has 0 amide bonds. The predicted octanol–water partition coefficient (Wildman–Crippen LogP) is 3.36. The van der Waals surface area contributed by atoms with Gasteiger partial charge in [-0.1, -0.05) is 26.7 Å². The molecular weight excluding hydrogens is 160 g/mol. The maximum Gasteiger partial charge on any atom is 0.0537 e. The summed E-state index contributed by atoms with van der Waals surface area (Å²) in [5.41, 5.74) is 0.616. The van der Waals surface area contributed by atoms with Crippen molar-refractivity contribution in [2.75, 3.05) is 0 Å². The predicted molar refractivity (Wildman–Crippen MR) is 56.7 cm³/mol. The summed E-state index contributed by atoms with van der Waals surface area (Å²) in [6.07, 6.45) is 7.98. The first-order valence-electron chi connectivity index (χ1n) is 5.78. The van der Waals surface area contributed by atoms with Gasteiger partial charge in [-0.25, -0.2) is 0 Å². The first kappa shape index (κ1) is 11.0. The molecule has 0 aromatic carbocycles. The zero-order chi connectivity index (χ0) is 9.90. The Labute approximate surface area is 82.5 Å². The van der Waals surface area contributed by atoms with Gasteiger partial charge in [-0.15, -0.1) is 0 Å². The van der Waals surface area contributed by atoms with Crippen LogP contribution in [0.5, 0.6) is 0 Å². The van der Waals surface area contributed by atoms with Crippen molar-refractivity contribution in [2.45, 2.75) is 65.4 Å². The number of hydrogen-bond acceptors (Lipinski definition) is 1. The Hall–Kier alpha value is -0.0400. The van der Waals surface area contributed by atoms with Crippen LogP contribution in [0.1, 0.15) is 59.3 Å². The number of hydrogen-bond donors (Lipinski definition) is 1. The van der Waals surface area contributed by atoms with E-state index in [9.17, 15) is 5.11 Å². The van der Waals surface area contributed by atoms with E-state index in [1.165, 1.54) is 38.5 Å². The summed E-state index contributed by atoms with van der Waals surface area (Å²) in [5.74, 6) is 0.479. The average Bonchev–Trinajstić information content (AvgIpc) is 2.00. The van der Waals surface area contributed by atoms with Gasteiger partial charge < -0.3 is 5.11 Å². The van der Waals surface area contributed by atoms with Gasteiger partial charge in [0.2, 0.25) is 0 Å². The van der Waals surface area contributed by atoms with Crippen molar-refractivity contribution in [1.29, 1.82) is 0 Å². The molecule has 1 fully saturated rings. The molecule has 1 rings (SSSR count). The maximum absolute atomic E-state index is 9.47. The Morgan fingerprint density at radius 2 is 1.92 bits per heavy atom. The number of aliphatic hydroxyl groups excluding tert-OH is 1. The number of aliphatic hydroxyl groups is 1. The monoisotopic (exact) mass is 184 g/mol. The molecule has 0 aromatic rings. The minimum absolute atomic E-state index is 0.130. The van der Waals surface area contributed by atoms with Gasteiger partial charge in [0.15, 0.2) is 0 Å². The highest BCUT2D eigenvalue weighted by Gasteiger charge is 2.37. The topological polar surface area (TPSA) is 20.2 Å². The molecule has 78 valence electrons. The highest BCUT2D eigenvalue weighted by atomic mass is 16.3. The van der Waals surface area contributed by atoms with Crippen molar-refractivity contribution in [3.63, 3.8) is 0 Å². The van der Waals surface area contributed by atoms with Gasteiger partial charge in [0.25, 0.3) is 0 Å². The van der Waals surface area contributed by atoms with Crippen LogP contribution in [0, 0.1) is 11.3 Å². The van der Waals surface area contributed by atoms with Crippen LogP contribution in [0.25, 0.3) is 0 Å². The summed E-state index contributed by atoms with van der Waals surface area (Å²) in [7, 11) is 0. The van der Waals surface area contributed by atoms with Crippen LogP contribution in [-0.2, 0) is 0 Å². The van der Waals surface area contributed by atoms with E-state index in [-0.39, 0.29) is 6.10 Å². The zero-order valence-electron chi connectivity index (χ0n) is 9.34. The molecule has 0 radical (unpaired) electrons. The fourth-order valence-corrected chi connectivity index (χ4v) is 2.62. The van der Waals surface area contributed by atoms with Crippen LogP contribution < -0.4 is 0 Å². The van der Waals surface area contributed by atoms with Crippen molar-refractivity contribution in [3.05, 3.63) is 0 Å². The van der Waals surface area contributed by atoms with E-state index in [2.05, 4.69) is 13.8 Å². The van der Waals surface area contributed by atoms with E-state index in [0.717, 1.165) is 0 Å². The Morgan fingerprint density at radius 1 is 1.31 bits per heavy atom. The molecule has 2 atom stereocenters. The quantitative estimate of drug-likeness (QED) is 0.694. The smallest absolute Gasteiger partial charge is 0.0537 e. The van der Waals surface area contributed by atoms with Crippen molar-refractivity contribution in [3.8, 4) is 0 Å². The molecule has 1 nitrogen and oxygen atoms in total. The van der Waals surface area contributed by atoms with Crippen LogP contribution in [0.4, 0.5) is 0 Å². The molecule has 0 aliphatic heterocycles. The largest absolute Gasteiger partial charge is 0.393 e. The molecular formula is C12H24O. The Balaban J connectivity index is 2.39. The Morgan fingerprint density at radius 3 is 2.23 bits per heavy atom. The van der Waals surface area contributed by atoms with Gasteiger partial charge in [-0.05, 0) is 43.9 Å². The van der Waals surface area contributed by atoms with Crippen LogP contribution in [0.2, 0.25) is 0 Å². The molecule has 13 heavy (non-hydrogen) atoms. The summed E-state index contributed by atoms with van der Waals surface area (Å²) in [5, 5.41) is 9.47. The van der Waals surface area contributed by atoms with Crippen molar-refractivity contribution in [2.24, 2.45) is 11.3 Å². The first-order chi connectivity index (χ1) is 6.09. The van der Waals surface area contributed by atoms with E-state index >= 15 is 0 Å². The molecule has 1 heteroatoms. The third kappa shape index (κ3) is 2.70. The lowest BCUT2D eigenvalue weighted by Gasteiger charge is -2.44. The summed E-state index contributed by atoms with van der Waals surface area (Å²) < 4.78 is 0. The summed E-state index contributed by atoms with van der Waals surface area (Å²) >= 11 is 0. The zero-order valence-corrected chi connectivity index (χ0v) is 9.34. The second-order valence-corrected chi connectivity index (χ2v) is 5.03. The Kier molecular flexibility index (Phi) is 3.78. The van der Waals surface area contributed by atoms with Crippen LogP contribution >= 0.6 is 0 Å². The fourth-order valence-electron chi connectivity index (χ4n) is 2.62. The lowest BCUT2D eigenvalue weighted by molar-refractivity contribution is 0.0391. The standard InChI is InChI=1S/C12H24O/c1-4-6-12(7-5-8-12)9-10(2)11(3)13/h10-11,13H,4-9H2,1-3H3. The maximum atomic E-state index is 9.47. The van der Waals surface area contributed by atoms with Gasteiger partial charge in [-0.3, -0.25) is 0 Å². The minimum atomic E-state index is -0.130. The number of rotatable bonds is 5. The second-order valence-electron chi connectivity index (χ2n) is 5.03. The van der Waals surface area contributed by atoms with Crippen LogP contribution in [-0.4, -0.2) is 11.2 Å². The van der Waals surface area contributed by atoms with Gasteiger partial charge >= 0.3 is 0 Å². The molecule has 1 saturated carbocycles. The highest BCUT2D eigenvalue weighted by Crippen LogP contribution is 2.49. The van der Waals surface area contributed by atoms with Crippen molar-refractivity contribution < 1.29 is 5.11 Å². The summed E-state index contributed by atoms with van der Waals surface area (Å²) in [4.78, 5) is 0. The van der Waals surface area contributed by atoms with E-state index in [4.69, 9.17) is 0 Å². The summed E-state index contributed by atoms with van der Waals surface area (Å²) in [6, 6.07) is 0. The molecule has 0 bridgehead atoms. The molecule has 1 aliphatic rings. The lowest BCUT2D eigenvalue weighted by atomic mass is 9.62. The van der Waals surface area contributed by atoms with Crippen LogP contribution in [0.3, 0.4) is 0 Å². The lowest BCUT2D eigenvalue weighted by Crippen LogP contribution is -2.33. The summed E-state index contributed by atoms with van der Waals surface area (Å²) in [6.45, 7) is 6.37. The second kappa shape index (κ2) is 4.45. The van der Waals surface area contributed by atoms with Crippen molar-refractivity contribution >= 4 is 0 Å². The minimum Gasteiger partial charge on any atom is -0.393 e. The van der Waals surface area contributed by atoms with Gasteiger partial charge in [0.1, 0.15) is 0 Å². The van der Waals surface area contributed by atoms with E-state index < -0.39 is 0 Å². The molecule has 1 N–H and O–H groups in total. The van der Waals surface area contributed by atoms with E-state index in [1.54, 1.807) is 0 Å². The van der Waals surface area contributed by atoms with Crippen LogP contribution in [0.15, 0.2) is 0 Å². The molecule has 0 heterocycles. The van der Waals surface area contributed by atoms with Gasteiger partial charge in [0.05, 0.1) is 6.10 Å². The fraction of sp³-hybridized carbons (Fsp3) is 1.00. The molecule has 0 spiro atoms. The SMILES string of the molecule is CCCC1(CC(C)C(C)O)CCC1. The first-order valence-corrected chi connectivity index (χ1v) is 5.78. The molecule has 0 saturated heterocycles.